The van der Waals surface area contributed by atoms with Gasteiger partial charge in [-0.25, -0.2) is 0 Å². The van der Waals surface area contributed by atoms with Crippen LogP contribution in [0.2, 0.25) is 0 Å². The Kier molecular flexibility index (Phi) is 3.85. The third-order valence-electron chi connectivity index (χ3n) is 3.53. The Bertz CT molecular complexity index is 725. The highest BCUT2D eigenvalue weighted by Gasteiger charge is 2.65. The number of aromatic nitrogens is 4. The summed E-state index contributed by atoms with van der Waals surface area (Å²) < 4.78 is 65.0. The van der Waals surface area contributed by atoms with Gasteiger partial charge in [0.2, 0.25) is 0 Å². The highest BCUT2D eigenvalue weighted by molar-refractivity contribution is 8.45. The molecule has 1 fully saturated rings. The Morgan fingerprint density at radius 2 is 1.62 bits per heavy atom. The molecule has 0 saturated carbocycles. The first kappa shape index (κ1) is 17.4. The summed E-state index contributed by atoms with van der Waals surface area (Å²) in [4.78, 5) is 0.198. The van der Waals surface area contributed by atoms with Crippen molar-refractivity contribution >= 4 is 22.0 Å². The summed E-state index contributed by atoms with van der Waals surface area (Å²) >= 11 is 1.84. The van der Waals surface area contributed by atoms with Crippen LogP contribution in [0, 0.1) is 0 Å². The first-order valence-corrected chi connectivity index (χ1v) is 10.1. The van der Waals surface area contributed by atoms with E-state index in [0.717, 1.165) is 36.7 Å². The number of thioether (sulfide) groups is 1. The van der Waals surface area contributed by atoms with Gasteiger partial charge in [0.15, 0.2) is 5.82 Å². The molecule has 1 aromatic heterocycles. The largest absolute Gasteiger partial charge is 0.310 e. The van der Waals surface area contributed by atoms with E-state index in [1.165, 1.54) is 4.68 Å². The lowest BCUT2D eigenvalue weighted by molar-refractivity contribution is 0.284. The van der Waals surface area contributed by atoms with Crippen LogP contribution in [0.25, 0.3) is 5.69 Å². The molecule has 1 aromatic carbocycles. The molecule has 0 unspecified atom stereocenters. The van der Waals surface area contributed by atoms with Gasteiger partial charge < -0.3 is 0 Å². The molecule has 0 spiro atoms. The summed E-state index contributed by atoms with van der Waals surface area (Å²) in [6, 6.07) is 2.61. The monoisotopic (exact) mass is 387 g/mol. The number of halogens is 5. The van der Waals surface area contributed by atoms with E-state index in [1.54, 1.807) is 0 Å². The molecule has 1 saturated heterocycles. The van der Waals surface area contributed by atoms with Gasteiger partial charge in [-0.05, 0) is 34.7 Å². The van der Waals surface area contributed by atoms with E-state index < -0.39 is 15.1 Å². The smallest absolute Gasteiger partial charge is 0.294 e. The van der Waals surface area contributed by atoms with Crippen LogP contribution in [-0.4, -0.2) is 49.7 Å². The fourth-order valence-electron chi connectivity index (χ4n) is 2.31. The molecule has 2 aromatic rings. The molecule has 0 amide bonds. The number of tetrazole rings is 1. The van der Waals surface area contributed by atoms with Crippen molar-refractivity contribution in [1.29, 1.82) is 0 Å². The minimum Gasteiger partial charge on any atom is -0.294 e. The molecule has 12 heteroatoms. The molecule has 3 rings (SSSR count). The van der Waals surface area contributed by atoms with Gasteiger partial charge in [-0.15, -0.1) is 5.10 Å². The number of nitrogens with zero attached hydrogens (tertiary/aromatic N) is 5. The van der Waals surface area contributed by atoms with Gasteiger partial charge in [-0.3, -0.25) is 4.90 Å². The molecule has 0 atom stereocenters. The van der Waals surface area contributed by atoms with Crippen LogP contribution in [0.3, 0.4) is 0 Å². The van der Waals surface area contributed by atoms with E-state index in [2.05, 4.69) is 20.4 Å². The lowest BCUT2D eigenvalue weighted by atomic mass is 10.3. The Hall–Kier alpha value is -1.40. The van der Waals surface area contributed by atoms with Crippen molar-refractivity contribution in [3.05, 3.63) is 30.1 Å². The summed E-state index contributed by atoms with van der Waals surface area (Å²) in [5.41, 5.74) is 0.201. The summed E-state index contributed by atoms with van der Waals surface area (Å²) in [6.45, 7) is 2.16. The van der Waals surface area contributed by atoms with Crippen molar-refractivity contribution in [3.8, 4) is 5.69 Å². The molecule has 0 aliphatic carbocycles. The van der Waals surface area contributed by atoms with Crippen molar-refractivity contribution in [2.75, 3.05) is 24.6 Å². The molecule has 0 radical (unpaired) electrons. The first-order chi connectivity index (χ1) is 11.0. The number of hydrogen-bond donors (Lipinski definition) is 0. The second-order valence-corrected chi connectivity index (χ2v) is 8.99. The fraction of sp³-hybridized carbons (Fsp3) is 0.417. The SMILES string of the molecule is FS(F)(F)(F)(F)c1ccc(-n2nnnc2CN2CCSCC2)cc1. The van der Waals surface area contributed by atoms with E-state index >= 15 is 0 Å². The van der Waals surface area contributed by atoms with E-state index in [9.17, 15) is 19.4 Å². The Labute approximate surface area is 138 Å². The molecule has 24 heavy (non-hydrogen) atoms. The van der Waals surface area contributed by atoms with Crippen LogP contribution >= 0.6 is 22.0 Å². The standard InChI is InChI=1S/C12H14F5N5S2/c13-24(14,15,16,17)11-3-1-10(2-4-11)22-12(18-19-20-22)9-21-5-7-23-8-6-21/h1-4H,5-9H2. The number of rotatable bonds is 4. The molecule has 2 heterocycles. The van der Waals surface area contributed by atoms with Gasteiger partial charge in [0.05, 0.1) is 12.2 Å². The zero-order valence-corrected chi connectivity index (χ0v) is 13.9. The lowest BCUT2D eigenvalue weighted by Gasteiger charge is -2.40. The van der Waals surface area contributed by atoms with Gasteiger partial charge in [0.25, 0.3) is 0 Å². The highest BCUT2D eigenvalue weighted by Crippen LogP contribution is 3.02. The van der Waals surface area contributed by atoms with Crippen molar-refractivity contribution < 1.29 is 19.4 Å². The average molecular weight is 387 g/mol. The van der Waals surface area contributed by atoms with Crippen LogP contribution in [-0.2, 0) is 6.54 Å². The third-order valence-corrected chi connectivity index (χ3v) is 5.64. The summed E-state index contributed by atoms with van der Waals surface area (Å²) in [6.07, 6.45) is 0. The van der Waals surface area contributed by atoms with Crippen molar-refractivity contribution in [2.24, 2.45) is 0 Å². The summed E-state index contributed by atoms with van der Waals surface area (Å²) in [7, 11) is -9.67. The lowest BCUT2D eigenvalue weighted by Crippen LogP contribution is -2.33. The van der Waals surface area contributed by atoms with E-state index in [0.29, 0.717) is 24.5 Å². The van der Waals surface area contributed by atoms with Crippen LogP contribution in [0.5, 0.6) is 0 Å². The molecule has 0 bridgehead atoms. The normalized spacial score (nSPS) is 19.7. The summed E-state index contributed by atoms with van der Waals surface area (Å²) in [5, 5.41) is 11.1. The predicted octanol–water partition coefficient (Wildman–Crippen LogP) is 3.87. The van der Waals surface area contributed by atoms with E-state index in [1.807, 2.05) is 11.8 Å². The molecule has 134 valence electrons. The maximum atomic E-state index is 12.8. The quantitative estimate of drug-likeness (QED) is 0.746. The Morgan fingerprint density at radius 3 is 2.21 bits per heavy atom. The minimum absolute atomic E-state index is 0.201. The van der Waals surface area contributed by atoms with E-state index in [-0.39, 0.29) is 5.69 Å². The number of benzene rings is 1. The molecule has 0 N–H and O–H groups in total. The highest BCUT2D eigenvalue weighted by atomic mass is 32.5. The molecule has 5 nitrogen and oxygen atoms in total. The molecular weight excluding hydrogens is 373 g/mol. The van der Waals surface area contributed by atoms with Crippen LogP contribution in [0.1, 0.15) is 5.82 Å². The fourth-order valence-corrected chi connectivity index (χ4v) is 3.94. The second kappa shape index (κ2) is 5.30. The van der Waals surface area contributed by atoms with Gasteiger partial charge in [-0.2, -0.15) is 16.4 Å². The van der Waals surface area contributed by atoms with Crippen LogP contribution < -0.4 is 0 Å². The van der Waals surface area contributed by atoms with Gasteiger partial charge in [0.1, 0.15) is 4.90 Å². The third kappa shape index (κ3) is 3.98. The van der Waals surface area contributed by atoms with Crippen molar-refractivity contribution in [1.82, 2.24) is 25.1 Å². The Morgan fingerprint density at radius 1 is 1.00 bits per heavy atom. The molecule has 1 aliphatic rings. The zero-order valence-electron chi connectivity index (χ0n) is 12.3. The van der Waals surface area contributed by atoms with Crippen LogP contribution in [0.15, 0.2) is 29.2 Å². The van der Waals surface area contributed by atoms with Gasteiger partial charge in [-0.1, -0.05) is 19.4 Å². The minimum atomic E-state index is -9.67. The van der Waals surface area contributed by atoms with Gasteiger partial charge in [0, 0.05) is 24.6 Å². The number of hydrogen-bond acceptors (Lipinski definition) is 5. The molecular formula is C12H14F5N5S2. The van der Waals surface area contributed by atoms with E-state index in [4.69, 9.17) is 0 Å². The van der Waals surface area contributed by atoms with Crippen molar-refractivity contribution in [3.63, 3.8) is 0 Å². The van der Waals surface area contributed by atoms with Crippen molar-refractivity contribution in [2.45, 2.75) is 11.4 Å². The van der Waals surface area contributed by atoms with Gasteiger partial charge >= 0.3 is 10.2 Å². The maximum absolute atomic E-state index is 12.8. The second-order valence-electron chi connectivity index (χ2n) is 5.36. The van der Waals surface area contributed by atoms with Crippen LogP contribution in [0.4, 0.5) is 19.4 Å². The summed E-state index contributed by atoms with van der Waals surface area (Å²) in [5.74, 6) is 2.42. The zero-order chi connectivity index (χ0) is 17.5. The maximum Gasteiger partial charge on any atom is 0.310 e. The Balaban J connectivity index is 1.84. The first-order valence-electron chi connectivity index (χ1n) is 6.95. The topological polar surface area (TPSA) is 46.8 Å². The predicted molar refractivity (Wildman–Crippen MR) is 83.2 cm³/mol. The average Bonchev–Trinajstić information content (AvgIpc) is 2.94. The molecule has 1 aliphatic heterocycles.